The standard InChI is InChI=1S/C4H10N2O3S/c5-4(6)2-1-3-10(7,8)9/h1-3H2,(H3,5,6)(H,7,8,9). The molecule has 0 rings (SSSR count). The summed E-state index contributed by atoms with van der Waals surface area (Å²) in [5.41, 5.74) is 4.93. The first-order valence-corrected chi connectivity index (χ1v) is 4.31. The first-order valence-electron chi connectivity index (χ1n) is 2.70. The average Bonchev–Trinajstić information content (AvgIpc) is 1.59. The van der Waals surface area contributed by atoms with Crippen molar-refractivity contribution in [2.45, 2.75) is 12.8 Å². The van der Waals surface area contributed by atoms with Gasteiger partial charge in [0.05, 0.1) is 11.6 Å². The lowest BCUT2D eigenvalue weighted by atomic mass is 10.3. The Morgan fingerprint density at radius 2 is 2.10 bits per heavy atom. The monoisotopic (exact) mass is 166 g/mol. The second kappa shape index (κ2) is 3.52. The molecule has 0 aromatic carbocycles. The van der Waals surface area contributed by atoms with Crippen LogP contribution in [0.25, 0.3) is 0 Å². The SMILES string of the molecule is N=C(N)CCCS(=O)(=O)O. The first-order chi connectivity index (χ1) is 4.42. The molecule has 5 nitrogen and oxygen atoms in total. The van der Waals surface area contributed by atoms with Crippen LogP contribution in [-0.2, 0) is 10.1 Å². The molecule has 10 heavy (non-hydrogen) atoms. The van der Waals surface area contributed by atoms with Crippen LogP contribution >= 0.6 is 0 Å². The fourth-order valence-electron chi connectivity index (χ4n) is 0.445. The summed E-state index contributed by atoms with van der Waals surface area (Å²) >= 11 is 0. The molecule has 6 heteroatoms. The van der Waals surface area contributed by atoms with Crippen molar-refractivity contribution in [2.75, 3.05) is 5.75 Å². The fourth-order valence-corrected chi connectivity index (χ4v) is 0.954. The molecule has 0 spiro atoms. The van der Waals surface area contributed by atoms with E-state index in [1.54, 1.807) is 0 Å². The van der Waals surface area contributed by atoms with Gasteiger partial charge in [-0.3, -0.25) is 9.96 Å². The van der Waals surface area contributed by atoms with Gasteiger partial charge in [-0.25, -0.2) is 0 Å². The number of rotatable bonds is 4. The van der Waals surface area contributed by atoms with E-state index >= 15 is 0 Å². The lowest BCUT2D eigenvalue weighted by Gasteiger charge is -1.94. The van der Waals surface area contributed by atoms with Gasteiger partial charge in [0.15, 0.2) is 0 Å². The Labute approximate surface area is 59.5 Å². The first kappa shape index (κ1) is 9.38. The summed E-state index contributed by atoms with van der Waals surface area (Å²) in [5.74, 6) is -0.393. The summed E-state index contributed by atoms with van der Waals surface area (Å²) in [6.45, 7) is 0. The summed E-state index contributed by atoms with van der Waals surface area (Å²) in [4.78, 5) is 0. The molecule has 0 bridgehead atoms. The van der Waals surface area contributed by atoms with Crippen molar-refractivity contribution in [1.29, 1.82) is 5.41 Å². The second-order valence-corrected chi connectivity index (χ2v) is 3.49. The Morgan fingerprint density at radius 3 is 2.40 bits per heavy atom. The molecule has 0 unspecified atom stereocenters. The molecule has 0 heterocycles. The van der Waals surface area contributed by atoms with Crippen LogP contribution in [0.3, 0.4) is 0 Å². The Bertz CT molecular complexity index is 209. The van der Waals surface area contributed by atoms with Crippen LogP contribution in [0.1, 0.15) is 12.8 Å². The number of nitrogens with two attached hydrogens (primary N) is 1. The highest BCUT2D eigenvalue weighted by atomic mass is 32.2. The molecule has 0 fully saturated rings. The van der Waals surface area contributed by atoms with Crippen LogP contribution in [0.5, 0.6) is 0 Å². The van der Waals surface area contributed by atoms with Crippen molar-refractivity contribution < 1.29 is 13.0 Å². The zero-order valence-electron chi connectivity index (χ0n) is 5.37. The van der Waals surface area contributed by atoms with Crippen LogP contribution in [-0.4, -0.2) is 24.6 Å². The lowest BCUT2D eigenvalue weighted by Crippen LogP contribution is -2.12. The summed E-state index contributed by atoms with van der Waals surface area (Å²) in [6, 6.07) is 0. The van der Waals surface area contributed by atoms with E-state index in [-0.39, 0.29) is 24.4 Å². The smallest absolute Gasteiger partial charge is 0.264 e. The maximum atomic E-state index is 10.1. The average molecular weight is 166 g/mol. The highest BCUT2D eigenvalue weighted by Gasteiger charge is 2.03. The van der Waals surface area contributed by atoms with Gasteiger partial charge in [-0.1, -0.05) is 0 Å². The number of hydrogen-bond acceptors (Lipinski definition) is 3. The van der Waals surface area contributed by atoms with Crippen molar-refractivity contribution >= 4 is 16.0 Å². The molecule has 0 radical (unpaired) electrons. The summed E-state index contributed by atoms with van der Waals surface area (Å²) in [5, 5.41) is 6.70. The van der Waals surface area contributed by atoms with Gasteiger partial charge in [-0.05, 0) is 6.42 Å². The van der Waals surface area contributed by atoms with Crippen LogP contribution < -0.4 is 5.73 Å². The van der Waals surface area contributed by atoms with Crippen molar-refractivity contribution in [3.05, 3.63) is 0 Å². The Morgan fingerprint density at radius 1 is 1.60 bits per heavy atom. The van der Waals surface area contributed by atoms with E-state index in [0.717, 1.165) is 0 Å². The fraction of sp³-hybridized carbons (Fsp3) is 0.750. The third-order valence-electron chi connectivity index (χ3n) is 0.848. The van der Waals surface area contributed by atoms with Crippen LogP contribution in [0.4, 0.5) is 0 Å². The van der Waals surface area contributed by atoms with Gasteiger partial charge >= 0.3 is 0 Å². The quantitative estimate of drug-likeness (QED) is 0.300. The van der Waals surface area contributed by atoms with Gasteiger partial charge in [0.2, 0.25) is 0 Å². The van der Waals surface area contributed by atoms with E-state index in [4.69, 9.17) is 15.7 Å². The molecule has 0 aromatic heterocycles. The van der Waals surface area contributed by atoms with E-state index in [0.29, 0.717) is 0 Å². The zero-order valence-corrected chi connectivity index (χ0v) is 6.19. The second-order valence-electron chi connectivity index (χ2n) is 1.91. The van der Waals surface area contributed by atoms with Gasteiger partial charge < -0.3 is 5.73 Å². The molecular formula is C4H10N2O3S. The molecule has 0 atom stereocenters. The molecule has 0 saturated carbocycles. The largest absolute Gasteiger partial charge is 0.388 e. The van der Waals surface area contributed by atoms with E-state index in [2.05, 4.69) is 0 Å². The van der Waals surface area contributed by atoms with E-state index in [1.165, 1.54) is 0 Å². The minimum Gasteiger partial charge on any atom is -0.388 e. The van der Waals surface area contributed by atoms with Crippen molar-refractivity contribution in [3.63, 3.8) is 0 Å². The topological polar surface area (TPSA) is 104 Å². The molecule has 0 amide bonds. The van der Waals surface area contributed by atoms with E-state index < -0.39 is 10.1 Å². The third kappa shape index (κ3) is 7.38. The number of amidine groups is 1. The number of hydrogen-bond donors (Lipinski definition) is 3. The Kier molecular flexibility index (Phi) is 3.31. The Balaban J connectivity index is 3.49. The van der Waals surface area contributed by atoms with Crippen LogP contribution in [0.2, 0.25) is 0 Å². The molecule has 0 aliphatic rings. The maximum absolute atomic E-state index is 10.1. The van der Waals surface area contributed by atoms with Gasteiger partial charge in [0.1, 0.15) is 0 Å². The molecular weight excluding hydrogens is 156 g/mol. The maximum Gasteiger partial charge on any atom is 0.264 e. The third-order valence-corrected chi connectivity index (χ3v) is 1.65. The molecule has 4 N–H and O–H groups in total. The predicted molar refractivity (Wildman–Crippen MR) is 37.6 cm³/mol. The van der Waals surface area contributed by atoms with Crippen molar-refractivity contribution in [2.24, 2.45) is 5.73 Å². The van der Waals surface area contributed by atoms with E-state index in [9.17, 15) is 8.42 Å². The molecule has 0 aromatic rings. The summed E-state index contributed by atoms with van der Waals surface area (Å²) < 4.78 is 28.3. The molecule has 60 valence electrons. The van der Waals surface area contributed by atoms with Crippen LogP contribution in [0.15, 0.2) is 0 Å². The Hall–Kier alpha value is -0.620. The van der Waals surface area contributed by atoms with Crippen molar-refractivity contribution in [1.82, 2.24) is 0 Å². The highest BCUT2D eigenvalue weighted by Crippen LogP contribution is 1.92. The lowest BCUT2D eigenvalue weighted by molar-refractivity contribution is 0.481. The van der Waals surface area contributed by atoms with Gasteiger partial charge in [0, 0.05) is 6.42 Å². The van der Waals surface area contributed by atoms with E-state index in [1.807, 2.05) is 0 Å². The summed E-state index contributed by atoms with van der Waals surface area (Å²) in [7, 11) is -3.87. The van der Waals surface area contributed by atoms with Gasteiger partial charge in [0.25, 0.3) is 10.1 Å². The van der Waals surface area contributed by atoms with Gasteiger partial charge in [-0.2, -0.15) is 8.42 Å². The minimum absolute atomic E-state index is 0.0661. The molecule has 0 saturated heterocycles. The normalized spacial score (nSPS) is 11.3. The predicted octanol–water partition coefficient (Wildman–Crippen LogP) is -0.410. The van der Waals surface area contributed by atoms with Crippen molar-refractivity contribution in [3.8, 4) is 0 Å². The zero-order chi connectivity index (χ0) is 8.20. The highest BCUT2D eigenvalue weighted by molar-refractivity contribution is 7.85. The van der Waals surface area contributed by atoms with Crippen LogP contribution in [0, 0.1) is 5.41 Å². The van der Waals surface area contributed by atoms with Gasteiger partial charge in [-0.15, -0.1) is 0 Å². The molecule has 0 aliphatic heterocycles. The number of nitrogens with one attached hydrogen (secondary N) is 1. The molecule has 0 aliphatic carbocycles. The summed E-state index contributed by atoms with van der Waals surface area (Å²) in [6.07, 6.45) is 0.411. The minimum atomic E-state index is -3.87.